The van der Waals surface area contributed by atoms with E-state index in [9.17, 15) is 14.4 Å². The lowest BCUT2D eigenvalue weighted by molar-refractivity contribution is -0.167. The summed E-state index contributed by atoms with van der Waals surface area (Å²) in [6.07, 6.45) is 72.5. The maximum absolute atomic E-state index is 12.8. The average molecular weight is 931 g/mol. The number of hydrogen-bond acceptors (Lipinski definition) is 6. The molecule has 0 saturated heterocycles. The second-order valence-electron chi connectivity index (χ2n) is 18.1. The van der Waals surface area contributed by atoms with Gasteiger partial charge >= 0.3 is 17.9 Å². The van der Waals surface area contributed by atoms with Gasteiger partial charge in [-0.1, -0.05) is 214 Å². The van der Waals surface area contributed by atoms with Crippen LogP contribution in [0, 0.1) is 0 Å². The van der Waals surface area contributed by atoms with E-state index < -0.39 is 6.10 Å². The molecule has 0 aromatic heterocycles. The Morgan fingerprint density at radius 1 is 0.313 bits per heavy atom. The first-order valence-electron chi connectivity index (χ1n) is 27.7. The van der Waals surface area contributed by atoms with Crippen LogP contribution in [0.15, 0.2) is 97.2 Å². The van der Waals surface area contributed by atoms with Gasteiger partial charge in [-0.05, 0) is 116 Å². The number of allylic oxidation sites excluding steroid dienone is 16. The number of rotatable bonds is 49. The molecule has 0 aliphatic rings. The van der Waals surface area contributed by atoms with Crippen molar-refractivity contribution in [1.82, 2.24) is 0 Å². The van der Waals surface area contributed by atoms with Crippen molar-refractivity contribution in [1.29, 1.82) is 0 Å². The minimum atomic E-state index is -0.793. The molecule has 0 rings (SSSR count). The summed E-state index contributed by atoms with van der Waals surface area (Å²) in [6, 6.07) is 0. The van der Waals surface area contributed by atoms with Gasteiger partial charge < -0.3 is 14.2 Å². The molecule has 67 heavy (non-hydrogen) atoms. The monoisotopic (exact) mass is 931 g/mol. The standard InChI is InChI=1S/C61H102O6/c1-4-7-10-13-16-19-22-24-26-27-28-29-30-31-32-33-35-36-39-42-45-48-51-54-60(63)66-57-58(56-65-59(62)53-50-47-44-41-38-21-18-15-12-9-6-3)67-61(64)55-52-49-46-43-40-37-34-25-23-20-17-14-11-8-5-2/h7,10,15-20,24-26,28-29,31-32,34,58H,4-6,8-9,11-14,21-23,27,30,33,35-57H2,1-3H3/b10-7-,18-15-,19-16-,20-17-,26-24-,29-28-,32-31-,34-25-. The SMILES string of the molecule is CC/C=C\C/C=C\C/C=C\C/C=C\C/C=C\CCCCCCCCCC(=O)OCC(COC(=O)CCCCCCC/C=C\CCCC)OC(=O)CCCCCCC/C=C\C/C=C\CCCCC. The smallest absolute Gasteiger partial charge is 0.306 e. The summed E-state index contributed by atoms with van der Waals surface area (Å²) in [7, 11) is 0. The Morgan fingerprint density at radius 3 is 0.970 bits per heavy atom. The van der Waals surface area contributed by atoms with E-state index in [1.165, 1.54) is 77.0 Å². The Hall–Kier alpha value is -3.67. The van der Waals surface area contributed by atoms with Crippen LogP contribution in [0.3, 0.4) is 0 Å². The lowest BCUT2D eigenvalue weighted by Crippen LogP contribution is -2.30. The third kappa shape index (κ3) is 53.2. The van der Waals surface area contributed by atoms with E-state index in [1.807, 2.05) is 0 Å². The molecule has 0 amide bonds. The molecule has 1 atom stereocenters. The van der Waals surface area contributed by atoms with Crippen LogP contribution in [0.25, 0.3) is 0 Å². The number of ether oxygens (including phenoxy) is 3. The maximum Gasteiger partial charge on any atom is 0.306 e. The van der Waals surface area contributed by atoms with Crippen LogP contribution in [0.5, 0.6) is 0 Å². The lowest BCUT2D eigenvalue weighted by atomic mass is 10.1. The molecule has 0 aliphatic carbocycles. The summed E-state index contributed by atoms with van der Waals surface area (Å²) in [4.78, 5) is 38.0. The predicted octanol–water partition coefficient (Wildman–Crippen LogP) is 18.5. The van der Waals surface area contributed by atoms with Crippen molar-refractivity contribution in [3.63, 3.8) is 0 Å². The number of esters is 3. The van der Waals surface area contributed by atoms with Gasteiger partial charge in [0.2, 0.25) is 0 Å². The van der Waals surface area contributed by atoms with Crippen LogP contribution in [-0.4, -0.2) is 37.2 Å². The van der Waals surface area contributed by atoms with Gasteiger partial charge in [0.25, 0.3) is 0 Å². The van der Waals surface area contributed by atoms with Gasteiger partial charge in [0, 0.05) is 19.3 Å². The van der Waals surface area contributed by atoms with Crippen LogP contribution in [0.4, 0.5) is 0 Å². The minimum Gasteiger partial charge on any atom is -0.462 e. The van der Waals surface area contributed by atoms with Gasteiger partial charge in [-0.3, -0.25) is 14.4 Å². The Kier molecular flexibility index (Phi) is 51.9. The highest BCUT2D eigenvalue weighted by Gasteiger charge is 2.19. The molecule has 0 radical (unpaired) electrons. The summed E-state index contributed by atoms with van der Waals surface area (Å²) < 4.78 is 16.8. The molecular weight excluding hydrogens is 829 g/mol. The highest BCUT2D eigenvalue weighted by Crippen LogP contribution is 2.14. The third-order valence-electron chi connectivity index (χ3n) is 11.5. The Labute approximate surface area is 413 Å². The molecule has 0 spiro atoms. The molecule has 0 aromatic carbocycles. The zero-order chi connectivity index (χ0) is 48.6. The van der Waals surface area contributed by atoms with Crippen molar-refractivity contribution in [2.75, 3.05) is 13.2 Å². The second-order valence-corrected chi connectivity index (χ2v) is 18.1. The van der Waals surface area contributed by atoms with E-state index in [0.29, 0.717) is 19.3 Å². The number of carbonyl (C=O) groups is 3. The summed E-state index contributed by atoms with van der Waals surface area (Å²) >= 11 is 0. The fourth-order valence-corrected chi connectivity index (χ4v) is 7.36. The molecular formula is C61H102O6. The molecule has 0 aromatic rings. The van der Waals surface area contributed by atoms with Crippen LogP contribution < -0.4 is 0 Å². The normalized spacial score (nSPS) is 12.8. The Morgan fingerprint density at radius 2 is 0.597 bits per heavy atom. The Bertz CT molecular complexity index is 1350. The van der Waals surface area contributed by atoms with E-state index in [4.69, 9.17) is 14.2 Å². The second kappa shape index (κ2) is 54.9. The van der Waals surface area contributed by atoms with E-state index in [0.717, 1.165) is 135 Å². The summed E-state index contributed by atoms with van der Waals surface area (Å²) in [5.41, 5.74) is 0. The zero-order valence-electron chi connectivity index (χ0n) is 43.6. The molecule has 0 bridgehead atoms. The molecule has 0 fully saturated rings. The maximum atomic E-state index is 12.8. The largest absolute Gasteiger partial charge is 0.462 e. The van der Waals surface area contributed by atoms with Crippen molar-refractivity contribution < 1.29 is 28.6 Å². The fourth-order valence-electron chi connectivity index (χ4n) is 7.36. The topological polar surface area (TPSA) is 78.9 Å². The Balaban J connectivity index is 4.37. The molecule has 382 valence electrons. The molecule has 0 N–H and O–H groups in total. The van der Waals surface area contributed by atoms with E-state index >= 15 is 0 Å². The molecule has 1 unspecified atom stereocenters. The zero-order valence-corrected chi connectivity index (χ0v) is 43.6. The van der Waals surface area contributed by atoms with Crippen molar-refractivity contribution in [3.8, 4) is 0 Å². The van der Waals surface area contributed by atoms with Gasteiger partial charge in [-0.2, -0.15) is 0 Å². The van der Waals surface area contributed by atoms with E-state index in [1.54, 1.807) is 0 Å². The number of carbonyl (C=O) groups excluding carboxylic acids is 3. The van der Waals surface area contributed by atoms with Crippen molar-refractivity contribution in [2.45, 2.75) is 258 Å². The van der Waals surface area contributed by atoms with Crippen LogP contribution >= 0.6 is 0 Å². The average Bonchev–Trinajstić information content (AvgIpc) is 3.33. The summed E-state index contributed by atoms with van der Waals surface area (Å²) in [5.74, 6) is -0.926. The third-order valence-corrected chi connectivity index (χ3v) is 11.5. The predicted molar refractivity (Wildman–Crippen MR) is 288 cm³/mol. The lowest BCUT2D eigenvalue weighted by Gasteiger charge is -2.18. The van der Waals surface area contributed by atoms with Gasteiger partial charge in [-0.25, -0.2) is 0 Å². The van der Waals surface area contributed by atoms with Gasteiger partial charge in [-0.15, -0.1) is 0 Å². The van der Waals surface area contributed by atoms with Crippen molar-refractivity contribution in [3.05, 3.63) is 97.2 Å². The first-order chi connectivity index (χ1) is 33.0. The summed E-state index contributed by atoms with van der Waals surface area (Å²) in [5, 5.41) is 0. The minimum absolute atomic E-state index is 0.0918. The molecule has 0 saturated carbocycles. The fraction of sp³-hybridized carbons (Fsp3) is 0.689. The van der Waals surface area contributed by atoms with E-state index in [-0.39, 0.29) is 31.1 Å². The van der Waals surface area contributed by atoms with Gasteiger partial charge in [0.05, 0.1) is 0 Å². The highest BCUT2D eigenvalue weighted by molar-refractivity contribution is 5.71. The molecule has 6 heteroatoms. The van der Waals surface area contributed by atoms with Crippen molar-refractivity contribution >= 4 is 17.9 Å². The molecule has 0 aliphatic heterocycles. The number of hydrogen-bond donors (Lipinski definition) is 0. The first-order valence-corrected chi connectivity index (χ1v) is 27.7. The molecule has 0 heterocycles. The quantitative estimate of drug-likeness (QED) is 0.0262. The van der Waals surface area contributed by atoms with E-state index in [2.05, 4.69) is 118 Å². The number of unbranched alkanes of at least 4 members (excludes halogenated alkanes) is 22. The van der Waals surface area contributed by atoms with Crippen LogP contribution in [-0.2, 0) is 28.6 Å². The summed E-state index contributed by atoms with van der Waals surface area (Å²) in [6.45, 7) is 6.43. The van der Waals surface area contributed by atoms with Crippen LogP contribution in [0.2, 0.25) is 0 Å². The van der Waals surface area contributed by atoms with Crippen LogP contribution in [0.1, 0.15) is 252 Å². The van der Waals surface area contributed by atoms with Crippen molar-refractivity contribution in [2.24, 2.45) is 0 Å². The van der Waals surface area contributed by atoms with Gasteiger partial charge in [0.1, 0.15) is 13.2 Å². The molecule has 6 nitrogen and oxygen atoms in total. The first kappa shape index (κ1) is 63.3. The highest BCUT2D eigenvalue weighted by atomic mass is 16.6. The van der Waals surface area contributed by atoms with Gasteiger partial charge in [0.15, 0.2) is 6.10 Å².